The molecule has 0 aliphatic carbocycles. The number of likely N-dealkylation sites (N-methyl/N-ethyl adjacent to an activating group) is 1. The lowest BCUT2D eigenvalue weighted by atomic mass is 9.83. The summed E-state index contributed by atoms with van der Waals surface area (Å²) < 4.78 is 70.2. The number of hydrogen-bond acceptors (Lipinski definition) is 4. The number of halogens is 5. The van der Waals surface area contributed by atoms with Gasteiger partial charge in [-0.3, -0.25) is 9.59 Å². The highest BCUT2D eigenvalue weighted by molar-refractivity contribution is 6.11. The fourth-order valence-corrected chi connectivity index (χ4v) is 4.03. The number of amides is 2. The predicted molar refractivity (Wildman–Crippen MR) is 109 cm³/mol. The van der Waals surface area contributed by atoms with E-state index in [0.717, 1.165) is 23.1 Å². The van der Waals surface area contributed by atoms with Crippen LogP contribution >= 0.6 is 0 Å². The number of rotatable bonds is 7. The van der Waals surface area contributed by atoms with Crippen molar-refractivity contribution in [1.29, 1.82) is 0 Å². The van der Waals surface area contributed by atoms with Gasteiger partial charge in [0.15, 0.2) is 5.60 Å². The first-order valence-electron chi connectivity index (χ1n) is 10.1. The molecule has 0 radical (unpaired) electrons. The minimum Gasteiger partial charge on any atom is -0.372 e. The lowest BCUT2D eigenvalue weighted by Crippen LogP contribution is -2.45. The number of anilines is 1. The van der Waals surface area contributed by atoms with Crippen LogP contribution in [0.1, 0.15) is 40.9 Å². The van der Waals surface area contributed by atoms with Gasteiger partial charge in [-0.25, -0.2) is 8.78 Å². The van der Waals surface area contributed by atoms with Gasteiger partial charge in [0.1, 0.15) is 11.6 Å². The summed E-state index contributed by atoms with van der Waals surface area (Å²) in [4.78, 5) is 27.9. The number of carbonyl (C=O) groups is 2. The molecular weight excluding hydrogens is 449 g/mol. The molecular formula is C22H22F5N3O3. The van der Waals surface area contributed by atoms with E-state index in [2.05, 4.69) is 0 Å². The molecule has 0 aromatic heterocycles. The van der Waals surface area contributed by atoms with Crippen molar-refractivity contribution < 1.29 is 36.6 Å². The van der Waals surface area contributed by atoms with Crippen LogP contribution in [0.15, 0.2) is 30.3 Å². The molecule has 6 nitrogen and oxygen atoms in total. The first-order chi connectivity index (χ1) is 15.4. The zero-order valence-corrected chi connectivity index (χ0v) is 17.8. The third-order valence-electron chi connectivity index (χ3n) is 5.77. The smallest absolute Gasteiger partial charge is 0.372 e. The van der Waals surface area contributed by atoms with E-state index in [-0.39, 0.29) is 13.1 Å². The number of hydrogen-bond donors (Lipinski definition) is 2. The van der Waals surface area contributed by atoms with Crippen LogP contribution < -0.4 is 10.6 Å². The molecule has 0 spiro atoms. The molecule has 2 amide bonds. The maximum absolute atomic E-state index is 14.7. The van der Waals surface area contributed by atoms with Crippen molar-refractivity contribution in [2.75, 3.05) is 31.1 Å². The molecule has 3 rings (SSSR count). The molecule has 0 saturated carbocycles. The summed E-state index contributed by atoms with van der Waals surface area (Å²) in [5.74, 6) is -4.86. The van der Waals surface area contributed by atoms with E-state index in [4.69, 9.17) is 5.73 Å². The Balaban J connectivity index is 2.33. The highest BCUT2D eigenvalue weighted by Crippen LogP contribution is 2.51. The number of fused-ring (bicyclic) bond motifs is 1. The molecule has 2 aromatic carbocycles. The van der Waals surface area contributed by atoms with Gasteiger partial charge in [-0.05, 0) is 37.4 Å². The highest BCUT2D eigenvalue weighted by atomic mass is 19.4. The minimum atomic E-state index is -5.13. The average Bonchev–Trinajstić information content (AvgIpc) is 2.95. The summed E-state index contributed by atoms with van der Waals surface area (Å²) in [6.07, 6.45) is -5.13. The van der Waals surface area contributed by atoms with Crippen molar-refractivity contribution in [3.05, 3.63) is 64.2 Å². The predicted octanol–water partition coefficient (Wildman–Crippen LogP) is 3.01. The van der Waals surface area contributed by atoms with Crippen LogP contribution in [0.3, 0.4) is 0 Å². The lowest BCUT2D eigenvalue weighted by molar-refractivity contribution is -0.142. The molecule has 33 heavy (non-hydrogen) atoms. The van der Waals surface area contributed by atoms with Gasteiger partial charge in [0, 0.05) is 35.8 Å². The van der Waals surface area contributed by atoms with E-state index in [1.54, 1.807) is 0 Å². The van der Waals surface area contributed by atoms with Crippen LogP contribution in [-0.4, -0.2) is 48.0 Å². The second-order valence-electron chi connectivity index (χ2n) is 7.60. The maximum atomic E-state index is 14.7. The number of primary amides is 1. The number of nitrogens with zero attached hydrogens (tertiary/aromatic N) is 2. The summed E-state index contributed by atoms with van der Waals surface area (Å²) in [6.45, 7) is 4.93. The molecule has 11 heteroatoms. The summed E-state index contributed by atoms with van der Waals surface area (Å²) in [7, 11) is 0. The molecule has 3 N–H and O–H groups in total. The third-order valence-corrected chi connectivity index (χ3v) is 5.77. The quantitative estimate of drug-likeness (QED) is 0.608. The van der Waals surface area contributed by atoms with Crippen LogP contribution in [0.25, 0.3) is 0 Å². The monoisotopic (exact) mass is 471 g/mol. The van der Waals surface area contributed by atoms with E-state index in [1.165, 1.54) is 0 Å². The van der Waals surface area contributed by atoms with Crippen LogP contribution in [0.5, 0.6) is 0 Å². The normalized spacial score (nSPS) is 18.2. The van der Waals surface area contributed by atoms with Gasteiger partial charge in [0.25, 0.3) is 5.91 Å². The Morgan fingerprint density at radius 2 is 1.79 bits per heavy atom. The molecule has 1 atom stereocenters. The van der Waals surface area contributed by atoms with E-state index in [9.17, 15) is 36.6 Å². The molecule has 1 heterocycles. The van der Waals surface area contributed by atoms with E-state index >= 15 is 0 Å². The SMILES string of the molecule is CCN(CC)CCN1C(=O)C(O)(c2ccc(F)cc2F)c2c1cc(C(N)=O)cc2C(F)(F)F. The number of alkyl halides is 3. The van der Waals surface area contributed by atoms with Crippen molar-refractivity contribution in [3.8, 4) is 0 Å². The molecule has 1 unspecified atom stereocenters. The van der Waals surface area contributed by atoms with Gasteiger partial charge < -0.3 is 20.6 Å². The third kappa shape index (κ3) is 4.18. The van der Waals surface area contributed by atoms with Crippen molar-refractivity contribution in [3.63, 3.8) is 0 Å². The Morgan fingerprint density at radius 1 is 1.15 bits per heavy atom. The number of aliphatic hydroxyl groups is 1. The van der Waals surface area contributed by atoms with Crippen molar-refractivity contribution in [1.82, 2.24) is 4.90 Å². The van der Waals surface area contributed by atoms with Crippen LogP contribution in [0.2, 0.25) is 0 Å². The largest absolute Gasteiger partial charge is 0.416 e. The second-order valence-corrected chi connectivity index (χ2v) is 7.60. The standard InChI is InChI=1S/C22H22F5N3O3/c1-3-29(4-2)7-8-30-17-10-12(19(28)31)9-15(22(25,26)27)18(17)21(33,20(30)32)14-6-5-13(23)11-16(14)24/h5-6,9-11,33H,3-4,7-8H2,1-2H3,(H2,28,31). The molecule has 0 saturated heterocycles. The van der Waals surface area contributed by atoms with Gasteiger partial charge >= 0.3 is 6.18 Å². The maximum Gasteiger partial charge on any atom is 0.416 e. The Morgan fingerprint density at radius 3 is 2.30 bits per heavy atom. The van der Waals surface area contributed by atoms with E-state index in [1.807, 2.05) is 18.7 Å². The van der Waals surface area contributed by atoms with Gasteiger partial charge in [-0.1, -0.05) is 13.8 Å². The van der Waals surface area contributed by atoms with Gasteiger partial charge in [0.05, 0.1) is 11.3 Å². The van der Waals surface area contributed by atoms with E-state index < -0.39 is 63.2 Å². The van der Waals surface area contributed by atoms with Gasteiger partial charge in [0.2, 0.25) is 5.91 Å². The van der Waals surface area contributed by atoms with Crippen molar-refractivity contribution in [2.24, 2.45) is 5.73 Å². The fourth-order valence-electron chi connectivity index (χ4n) is 4.03. The summed E-state index contributed by atoms with van der Waals surface area (Å²) >= 11 is 0. The zero-order valence-electron chi connectivity index (χ0n) is 17.8. The second kappa shape index (κ2) is 8.71. The van der Waals surface area contributed by atoms with Crippen molar-refractivity contribution in [2.45, 2.75) is 25.6 Å². The topological polar surface area (TPSA) is 86.9 Å². The van der Waals surface area contributed by atoms with Gasteiger partial charge in [-0.2, -0.15) is 13.2 Å². The van der Waals surface area contributed by atoms with Crippen molar-refractivity contribution >= 4 is 17.5 Å². The first-order valence-corrected chi connectivity index (χ1v) is 10.1. The van der Waals surface area contributed by atoms with E-state index in [0.29, 0.717) is 25.2 Å². The Kier molecular flexibility index (Phi) is 6.49. The van der Waals surface area contributed by atoms with Gasteiger partial charge in [-0.15, -0.1) is 0 Å². The molecule has 178 valence electrons. The highest BCUT2D eigenvalue weighted by Gasteiger charge is 2.56. The average molecular weight is 471 g/mol. The molecule has 1 aliphatic heterocycles. The molecule has 0 bridgehead atoms. The Bertz CT molecular complexity index is 1100. The Hall–Kier alpha value is -3.05. The number of nitrogens with two attached hydrogens (primary N) is 1. The molecule has 1 aliphatic rings. The number of benzene rings is 2. The first kappa shape index (κ1) is 24.6. The fraction of sp³-hybridized carbons (Fsp3) is 0.364. The van der Waals surface area contributed by atoms with Crippen LogP contribution in [0, 0.1) is 11.6 Å². The summed E-state index contributed by atoms with van der Waals surface area (Å²) in [6, 6.07) is 3.19. The van der Waals surface area contributed by atoms with Crippen LogP contribution in [-0.2, 0) is 16.6 Å². The lowest BCUT2D eigenvalue weighted by Gasteiger charge is -2.26. The van der Waals surface area contributed by atoms with Crippen LogP contribution in [0.4, 0.5) is 27.6 Å². The molecule has 0 fully saturated rings. The zero-order chi connectivity index (χ0) is 24.7. The summed E-state index contributed by atoms with van der Waals surface area (Å²) in [5.41, 5.74) is -2.13. The molecule has 2 aromatic rings. The minimum absolute atomic E-state index is 0.155. The number of carbonyl (C=O) groups excluding carboxylic acids is 2. The summed E-state index contributed by atoms with van der Waals surface area (Å²) in [5, 5.41) is 11.4. The Labute approximate surface area is 186 Å².